The van der Waals surface area contributed by atoms with Gasteiger partial charge in [-0.25, -0.2) is 0 Å². The minimum Gasteiger partial charge on any atom is -0.291 e. The van der Waals surface area contributed by atoms with Crippen LogP contribution < -0.4 is 0 Å². The second-order valence-electron chi connectivity index (χ2n) is 5.02. The van der Waals surface area contributed by atoms with Crippen LogP contribution in [0.1, 0.15) is 12.5 Å². The topological polar surface area (TPSA) is 63.6 Å². The highest BCUT2D eigenvalue weighted by Crippen LogP contribution is 2.45. The number of hydrogen-bond donors (Lipinski definition) is 0. The maximum atomic E-state index is 12.5. The van der Waals surface area contributed by atoms with Crippen LogP contribution in [0.25, 0.3) is 0 Å². The summed E-state index contributed by atoms with van der Waals surface area (Å²) in [5.41, 5.74) is 1.69. The lowest BCUT2D eigenvalue weighted by molar-refractivity contribution is -0.114. The number of allylic oxidation sites excluding steroid dienone is 2. The molecule has 1 aliphatic carbocycles. The minimum absolute atomic E-state index is 0.103. The first-order chi connectivity index (χ1) is 10.5. The second kappa shape index (κ2) is 6.82. The van der Waals surface area contributed by atoms with Crippen molar-refractivity contribution in [1.29, 1.82) is 0 Å². The molecule has 1 unspecified atom stereocenters. The maximum absolute atomic E-state index is 12.5. The van der Waals surface area contributed by atoms with Crippen LogP contribution in [0, 0.1) is 6.92 Å². The van der Waals surface area contributed by atoms with Crippen molar-refractivity contribution in [3.63, 3.8) is 0 Å². The van der Waals surface area contributed by atoms with Gasteiger partial charge in [0.1, 0.15) is 0 Å². The van der Waals surface area contributed by atoms with Gasteiger partial charge in [-0.1, -0.05) is 65.5 Å². The summed E-state index contributed by atoms with van der Waals surface area (Å²) < 4.78 is 28.1. The highest BCUT2D eigenvalue weighted by atomic mass is 79.9. The Balaban J connectivity index is 2.61. The summed E-state index contributed by atoms with van der Waals surface area (Å²) in [6.45, 7) is 3.52. The third-order valence-electron chi connectivity index (χ3n) is 3.31. The van der Waals surface area contributed by atoms with Gasteiger partial charge in [-0.05, 0) is 47.5 Å². The highest BCUT2D eigenvalue weighted by Gasteiger charge is 2.48. The van der Waals surface area contributed by atoms with E-state index in [2.05, 4.69) is 68.1 Å². The number of carbonyl (C=O) groups excluding carboxylic acids is 1. The zero-order valence-electron chi connectivity index (χ0n) is 12.0. The molecule has 23 heavy (non-hydrogen) atoms. The number of Topliss-reactive ketones (excluding diaryl/α,β-unsaturated/α-hetero) is 1. The van der Waals surface area contributed by atoms with Crippen LogP contribution in [0.15, 0.2) is 43.6 Å². The number of rotatable bonds is 2. The van der Waals surface area contributed by atoms with Crippen molar-refractivity contribution in [3.8, 4) is 0 Å². The van der Waals surface area contributed by atoms with Crippen molar-refractivity contribution in [3.05, 3.63) is 39.9 Å². The summed E-state index contributed by atoms with van der Waals surface area (Å²) in [6, 6.07) is 6.44. The largest absolute Gasteiger partial charge is 0.291 e. The van der Waals surface area contributed by atoms with E-state index in [0.717, 1.165) is 5.56 Å². The van der Waals surface area contributed by atoms with E-state index >= 15 is 0 Å². The second-order valence-corrected chi connectivity index (χ2v) is 11.9. The van der Waals surface area contributed by atoms with Gasteiger partial charge < -0.3 is 0 Å². The molecule has 0 bridgehead atoms. The Labute approximate surface area is 168 Å². The fourth-order valence-electron chi connectivity index (χ4n) is 1.91. The monoisotopic (exact) mass is 589 g/mol. The minimum atomic E-state index is -3.88. The van der Waals surface area contributed by atoms with E-state index in [4.69, 9.17) is 0 Å². The number of halogens is 4. The van der Waals surface area contributed by atoms with Gasteiger partial charge in [0.2, 0.25) is 0 Å². The van der Waals surface area contributed by atoms with E-state index in [-0.39, 0.29) is 20.9 Å². The van der Waals surface area contributed by atoms with Gasteiger partial charge >= 0.3 is 0 Å². The van der Waals surface area contributed by atoms with E-state index in [1.54, 1.807) is 19.1 Å². The number of hydrogen-bond acceptors (Lipinski definition) is 3. The Bertz CT molecular complexity index is 826. The maximum Gasteiger partial charge on any atom is 0.282 e. The predicted molar refractivity (Wildman–Crippen MR) is 106 cm³/mol. The van der Waals surface area contributed by atoms with Gasteiger partial charge in [-0.3, -0.25) is 4.79 Å². The van der Waals surface area contributed by atoms with Crippen molar-refractivity contribution >= 4 is 85.2 Å². The first kappa shape index (κ1) is 19.5. The molecule has 9 heteroatoms. The fraction of sp³-hybridized carbons (Fsp3) is 0.286. The summed E-state index contributed by atoms with van der Waals surface area (Å²) >= 11 is 13.1. The molecule has 2 rings (SSSR count). The van der Waals surface area contributed by atoms with Gasteiger partial charge in [-0.15, -0.1) is 0 Å². The third-order valence-corrected chi connectivity index (χ3v) is 9.56. The summed E-state index contributed by atoms with van der Waals surface area (Å²) in [6.07, 6.45) is 0. The quantitative estimate of drug-likeness (QED) is 0.471. The number of aryl methyl sites for hydroxylation is 1. The number of nitrogens with zero attached hydrogens (tertiary/aromatic N) is 1. The first-order valence-corrected chi connectivity index (χ1v) is 11.1. The van der Waals surface area contributed by atoms with Gasteiger partial charge in [0.25, 0.3) is 10.0 Å². The molecule has 0 saturated carbocycles. The van der Waals surface area contributed by atoms with Crippen molar-refractivity contribution in [2.24, 2.45) is 4.40 Å². The lowest BCUT2D eigenvalue weighted by Gasteiger charge is -2.31. The smallest absolute Gasteiger partial charge is 0.282 e. The lowest BCUT2D eigenvalue weighted by atomic mass is 9.97. The molecule has 0 radical (unpaired) electrons. The van der Waals surface area contributed by atoms with Crippen LogP contribution >= 0.6 is 63.7 Å². The molecular formula is C14H11Br4NO3S. The van der Waals surface area contributed by atoms with Gasteiger partial charge in [0.15, 0.2) is 9.02 Å². The average Bonchev–Trinajstić information content (AvgIpc) is 2.49. The van der Waals surface area contributed by atoms with Crippen molar-refractivity contribution in [2.75, 3.05) is 0 Å². The van der Waals surface area contributed by atoms with Crippen molar-refractivity contribution in [2.45, 2.75) is 26.8 Å². The van der Waals surface area contributed by atoms with E-state index < -0.39 is 18.1 Å². The van der Waals surface area contributed by atoms with Crippen LogP contribution in [0.4, 0.5) is 0 Å². The molecule has 0 heterocycles. The molecule has 0 saturated heterocycles. The fourth-order valence-corrected chi connectivity index (χ4v) is 5.67. The SMILES string of the molecule is CC1=C(Br)C(=O)C(Br)(Br)C(Br)C1=NS(=O)(=O)c1ccc(C)cc1. The zero-order chi connectivity index (χ0) is 17.6. The summed E-state index contributed by atoms with van der Waals surface area (Å²) in [5.74, 6) is -0.247. The van der Waals surface area contributed by atoms with E-state index in [1.807, 2.05) is 6.92 Å². The van der Waals surface area contributed by atoms with Crippen LogP contribution in [0.5, 0.6) is 0 Å². The highest BCUT2D eigenvalue weighted by molar-refractivity contribution is 9.26. The number of carbonyl (C=O) groups is 1. The normalized spacial score (nSPS) is 23.5. The van der Waals surface area contributed by atoms with Crippen LogP contribution in [-0.2, 0) is 14.8 Å². The number of ketones is 1. The number of alkyl halides is 3. The lowest BCUT2D eigenvalue weighted by Crippen LogP contribution is -2.45. The Morgan fingerprint density at radius 2 is 1.65 bits per heavy atom. The Kier molecular flexibility index (Phi) is 5.78. The molecule has 1 atom stereocenters. The Morgan fingerprint density at radius 1 is 1.13 bits per heavy atom. The van der Waals surface area contributed by atoms with Crippen molar-refractivity contribution < 1.29 is 13.2 Å². The third kappa shape index (κ3) is 3.73. The van der Waals surface area contributed by atoms with Crippen LogP contribution in [0.3, 0.4) is 0 Å². The summed E-state index contributed by atoms with van der Waals surface area (Å²) in [7, 11) is -3.88. The molecule has 124 valence electrons. The molecule has 0 fully saturated rings. The van der Waals surface area contributed by atoms with E-state index in [0.29, 0.717) is 5.57 Å². The molecule has 1 aliphatic rings. The predicted octanol–water partition coefficient (Wildman–Crippen LogP) is 4.63. The van der Waals surface area contributed by atoms with Crippen molar-refractivity contribution in [1.82, 2.24) is 0 Å². The molecule has 0 N–H and O–H groups in total. The first-order valence-electron chi connectivity index (χ1n) is 6.33. The molecule has 0 aromatic heterocycles. The van der Waals surface area contributed by atoms with E-state index in [9.17, 15) is 13.2 Å². The molecule has 0 spiro atoms. The molecule has 1 aromatic carbocycles. The van der Waals surface area contributed by atoms with E-state index in [1.165, 1.54) is 12.1 Å². The molecule has 0 aliphatic heterocycles. The zero-order valence-corrected chi connectivity index (χ0v) is 19.1. The van der Waals surface area contributed by atoms with Gasteiger partial charge in [0.05, 0.1) is 19.9 Å². The number of sulfonamides is 1. The average molecular weight is 593 g/mol. The molecule has 1 aromatic rings. The summed E-state index contributed by atoms with van der Waals surface area (Å²) in [4.78, 5) is 11.7. The Morgan fingerprint density at radius 3 is 2.17 bits per heavy atom. The molecular weight excluding hydrogens is 582 g/mol. The molecule has 0 amide bonds. The standard InChI is InChI=1S/C14H11Br4NO3S/c1-7-3-5-9(6-4-7)23(21,22)19-11-8(2)10(15)13(20)14(17,18)12(11)16/h3-6,12H,1-2H3. The van der Waals surface area contributed by atoms with Gasteiger partial charge in [0, 0.05) is 0 Å². The van der Waals surface area contributed by atoms with Crippen LogP contribution in [0.2, 0.25) is 0 Å². The van der Waals surface area contributed by atoms with Crippen LogP contribution in [-0.4, -0.2) is 28.0 Å². The summed E-state index contributed by atoms with van der Waals surface area (Å²) in [5, 5.41) is 0. The van der Waals surface area contributed by atoms with Gasteiger partial charge in [-0.2, -0.15) is 12.8 Å². The number of benzene rings is 1. The Hall–Kier alpha value is 0.170. The molecule has 4 nitrogen and oxygen atoms in total.